The van der Waals surface area contributed by atoms with Crippen LogP contribution in [0.25, 0.3) is 0 Å². The van der Waals surface area contributed by atoms with Crippen molar-refractivity contribution in [1.29, 1.82) is 0 Å². The van der Waals surface area contributed by atoms with Crippen molar-refractivity contribution in [3.8, 4) is 0 Å². The topological polar surface area (TPSA) is 127 Å². The number of nitrogens with zero attached hydrogens (tertiary/aromatic N) is 1. The van der Waals surface area contributed by atoms with E-state index in [2.05, 4.69) is 51.2 Å². The Morgan fingerprint density at radius 1 is 0.892 bits per heavy atom. The first-order chi connectivity index (χ1) is 17.5. The molecule has 0 bridgehead atoms. The lowest BCUT2D eigenvalue weighted by Crippen LogP contribution is -2.42. The second kappa shape index (κ2) is 17.6. The average Bonchev–Trinajstić information content (AvgIpc) is 2.84. The minimum atomic E-state index is -1.12. The number of ketones is 1. The molecule has 0 spiro atoms. The van der Waals surface area contributed by atoms with E-state index in [0.717, 1.165) is 25.7 Å². The number of amides is 1. The van der Waals surface area contributed by atoms with Crippen LogP contribution in [0.1, 0.15) is 76.6 Å². The van der Waals surface area contributed by atoms with Gasteiger partial charge in [0.25, 0.3) is 0 Å². The lowest BCUT2D eigenvalue weighted by Gasteiger charge is -2.14. The summed E-state index contributed by atoms with van der Waals surface area (Å²) in [5.41, 5.74) is 4.39. The van der Waals surface area contributed by atoms with Crippen LogP contribution < -0.4 is 10.5 Å². The SMILES string of the molecule is CC(C)=CCC/C(C)=C/CC/C(C)=C/CSC[C@H](NC(=O)CCC(=O)c1ccc(N(O)O)cc1)C(=O)O. The van der Waals surface area contributed by atoms with Crippen LogP contribution in [0.2, 0.25) is 0 Å². The molecule has 1 rings (SSSR count). The largest absolute Gasteiger partial charge is 0.480 e. The number of thioether (sulfide) groups is 1. The maximum atomic E-state index is 12.3. The van der Waals surface area contributed by atoms with Crippen LogP contribution in [0, 0.1) is 0 Å². The maximum Gasteiger partial charge on any atom is 0.327 e. The number of hydrogen-bond acceptors (Lipinski definition) is 7. The Kier molecular flexibility index (Phi) is 15.3. The summed E-state index contributed by atoms with van der Waals surface area (Å²) in [7, 11) is 0. The normalized spacial score (nSPS) is 12.6. The fourth-order valence-electron chi connectivity index (χ4n) is 3.32. The van der Waals surface area contributed by atoms with E-state index in [4.69, 9.17) is 10.4 Å². The zero-order valence-electron chi connectivity index (χ0n) is 22.2. The number of carbonyl (C=O) groups excluding carboxylic acids is 2. The first kappa shape index (κ1) is 32.1. The molecule has 0 unspecified atom stereocenters. The summed E-state index contributed by atoms with van der Waals surface area (Å²) in [6.45, 7) is 8.44. The monoisotopic (exact) mass is 532 g/mol. The number of Topliss-reactive ketones (excluding diaryl/α,β-unsaturated/α-hetero) is 1. The Hall–Kier alpha value is -2.88. The van der Waals surface area contributed by atoms with Gasteiger partial charge in [-0.15, -0.1) is 5.23 Å². The number of carboxylic acid groups (broad SMARTS) is 1. The first-order valence-electron chi connectivity index (χ1n) is 12.3. The molecule has 37 heavy (non-hydrogen) atoms. The van der Waals surface area contributed by atoms with Crippen LogP contribution in [0.5, 0.6) is 0 Å². The van der Waals surface area contributed by atoms with Crippen LogP contribution in [-0.4, -0.2) is 50.7 Å². The summed E-state index contributed by atoms with van der Waals surface area (Å²) in [5.74, 6) is -1.04. The highest BCUT2D eigenvalue weighted by molar-refractivity contribution is 7.99. The maximum absolute atomic E-state index is 12.3. The lowest BCUT2D eigenvalue weighted by molar-refractivity contribution is -0.141. The molecule has 0 saturated heterocycles. The van der Waals surface area contributed by atoms with Crippen molar-refractivity contribution in [1.82, 2.24) is 5.32 Å². The predicted molar refractivity (Wildman–Crippen MR) is 148 cm³/mol. The van der Waals surface area contributed by atoms with Crippen molar-refractivity contribution >= 4 is 35.1 Å². The highest BCUT2D eigenvalue weighted by Crippen LogP contribution is 2.15. The van der Waals surface area contributed by atoms with Crippen LogP contribution in [0.4, 0.5) is 5.69 Å². The summed E-state index contributed by atoms with van der Waals surface area (Å²) in [6, 6.07) is 4.51. The summed E-state index contributed by atoms with van der Waals surface area (Å²) in [5, 5.41) is 29.8. The molecule has 0 heterocycles. The fraction of sp³-hybridized carbons (Fsp3) is 0.464. The lowest BCUT2D eigenvalue weighted by atomic mass is 10.1. The Morgan fingerprint density at radius 3 is 2.05 bits per heavy atom. The zero-order valence-corrected chi connectivity index (χ0v) is 23.0. The molecule has 4 N–H and O–H groups in total. The van der Waals surface area contributed by atoms with E-state index in [1.807, 2.05) is 0 Å². The van der Waals surface area contributed by atoms with Crippen LogP contribution in [0.3, 0.4) is 0 Å². The summed E-state index contributed by atoms with van der Waals surface area (Å²) >= 11 is 1.43. The molecule has 1 aromatic rings. The number of benzene rings is 1. The standard InChI is InChI=1S/C28H40N2O6S/c1-20(2)7-5-8-21(3)9-6-10-22(4)17-18-37-19-25(28(33)34)29-27(32)16-15-26(31)23-11-13-24(14-12-23)30(35)36/h7,9,11-14,17,25,35-36H,5-6,8,10,15-16,18-19H2,1-4H3,(H,29,32)(H,33,34)/b21-9+,22-17+/t25-/m0/s1. The van der Waals surface area contributed by atoms with E-state index in [-0.39, 0.29) is 35.3 Å². The van der Waals surface area contributed by atoms with E-state index in [0.29, 0.717) is 11.3 Å². The third-order valence-electron chi connectivity index (χ3n) is 5.59. The van der Waals surface area contributed by atoms with Crippen LogP contribution >= 0.6 is 11.8 Å². The molecule has 0 aromatic heterocycles. The average molecular weight is 533 g/mol. The molecule has 1 atom stereocenters. The Morgan fingerprint density at radius 2 is 1.49 bits per heavy atom. The number of carboxylic acids is 1. The van der Waals surface area contributed by atoms with Gasteiger partial charge < -0.3 is 10.4 Å². The molecule has 8 nitrogen and oxygen atoms in total. The van der Waals surface area contributed by atoms with E-state index in [9.17, 15) is 19.5 Å². The minimum Gasteiger partial charge on any atom is -0.480 e. The number of nitrogens with one attached hydrogen (secondary N) is 1. The molecule has 0 aliphatic rings. The first-order valence-corrected chi connectivity index (χ1v) is 13.5. The molecular formula is C28H40N2O6S. The molecule has 0 saturated carbocycles. The highest BCUT2D eigenvalue weighted by atomic mass is 32.2. The third kappa shape index (κ3) is 14.4. The minimum absolute atomic E-state index is 0.0592. The number of carbonyl (C=O) groups is 3. The second-order valence-corrected chi connectivity index (χ2v) is 10.3. The Labute approximate surface area is 224 Å². The van der Waals surface area contributed by atoms with Gasteiger partial charge in [0, 0.05) is 29.9 Å². The molecule has 0 aliphatic carbocycles. The van der Waals surface area contributed by atoms with Gasteiger partial charge in [0.1, 0.15) is 6.04 Å². The van der Waals surface area contributed by atoms with Gasteiger partial charge in [-0.05, 0) is 77.6 Å². The molecule has 204 valence electrons. The summed E-state index contributed by atoms with van der Waals surface area (Å²) < 4.78 is 0. The van der Waals surface area contributed by atoms with E-state index in [1.165, 1.54) is 52.7 Å². The van der Waals surface area contributed by atoms with Gasteiger partial charge >= 0.3 is 5.97 Å². The molecule has 0 radical (unpaired) electrons. The summed E-state index contributed by atoms with van der Waals surface area (Å²) in [4.78, 5) is 36.0. The van der Waals surface area contributed by atoms with Gasteiger partial charge in [-0.3, -0.25) is 20.0 Å². The van der Waals surface area contributed by atoms with Crippen molar-refractivity contribution in [2.45, 2.75) is 72.3 Å². The Balaban J connectivity index is 2.38. The molecular weight excluding hydrogens is 492 g/mol. The molecule has 9 heteroatoms. The number of allylic oxidation sites excluding steroid dienone is 5. The van der Waals surface area contributed by atoms with E-state index < -0.39 is 17.9 Å². The van der Waals surface area contributed by atoms with Gasteiger partial charge in [-0.25, -0.2) is 4.79 Å². The van der Waals surface area contributed by atoms with Gasteiger partial charge in [-0.1, -0.05) is 34.9 Å². The van der Waals surface area contributed by atoms with Crippen molar-refractivity contribution in [3.63, 3.8) is 0 Å². The van der Waals surface area contributed by atoms with E-state index in [1.54, 1.807) is 0 Å². The summed E-state index contributed by atoms with van der Waals surface area (Å²) in [6.07, 6.45) is 10.5. The van der Waals surface area contributed by atoms with Crippen molar-refractivity contribution in [2.75, 3.05) is 16.7 Å². The number of aliphatic carboxylic acids is 1. The predicted octanol–water partition coefficient (Wildman–Crippen LogP) is 5.96. The van der Waals surface area contributed by atoms with Gasteiger partial charge in [0.15, 0.2) is 5.78 Å². The zero-order chi connectivity index (χ0) is 27.8. The highest BCUT2D eigenvalue weighted by Gasteiger charge is 2.20. The van der Waals surface area contributed by atoms with Crippen LogP contribution in [-0.2, 0) is 9.59 Å². The van der Waals surface area contributed by atoms with Gasteiger partial charge in [0.2, 0.25) is 5.91 Å². The number of rotatable bonds is 17. The smallest absolute Gasteiger partial charge is 0.327 e. The van der Waals surface area contributed by atoms with Gasteiger partial charge in [-0.2, -0.15) is 11.8 Å². The molecule has 0 aliphatic heterocycles. The second-order valence-electron chi connectivity index (χ2n) is 9.22. The third-order valence-corrected chi connectivity index (χ3v) is 6.56. The van der Waals surface area contributed by atoms with Crippen molar-refractivity contribution < 1.29 is 29.9 Å². The molecule has 1 aromatic carbocycles. The molecule has 0 fully saturated rings. The number of hydrogen-bond donors (Lipinski definition) is 4. The van der Waals surface area contributed by atoms with E-state index >= 15 is 0 Å². The fourth-order valence-corrected chi connectivity index (χ4v) is 4.32. The van der Waals surface area contributed by atoms with Crippen molar-refractivity contribution in [3.05, 3.63) is 64.8 Å². The Bertz CT molecular complexity index is 979. The van der Waals surface area contributed by atoms with Crippen LogP contribution in [0.15, 0.2) is 59.2 Å². The molecule has 1 amide bonds. The number of anilines is 1. The van der Waals surface area contributed by atoms with Crippen molar-refractivity contribution in [2.24, 2.45) is 0 Å². The quantitative estimate of drug-likeness (QED) is 0.0838. The van der Waals surface area contributed by atoms with Gasteiger partial charge in [0.05, 0.1) is 5.69 Å².